The maximum Gasteiger partial charge on any atom is 0.363 e. The van der Waals surface area contributed by atoms with Gasteiger partial charge in [0.2, 0.25) is 11.8 Å². The highest BCUT2D eigenvalue weighted by molar-refractivity contribution is 6.13. The van der Waals surface area contributed by atoms with Crippen molar-refractivity contribution < 1.29 is 23.8 Å². The minimum Gasteiger partial charge on any atom is -0.493 e. The summed E-state index contributed by atoms with van der Waals surface area (Å²) in [6.45, 7) is 3.90. The summed E-state index contributed by atoms with van der Waals surface area (Å²) >= 11 is 0. The van der Waals surface area contributed by atoms with Crippen LogP contribution in [0.4, 0.5) is 5.69 Å². The van der Waals surface area contributed by atoms with Gasteiger partial charge in [0.05, 0.1) is 7.11 Å². The van der Waals surface area contributed by atoms with Crippen LogP contribution in [0.25, 0.3) is 6.08 Å². The molecule has 0 aliphatic carbocycles. The molecule has 0 bridgehead atoms. The molecule has 1 N–H and O–H groups in total. The van der Waals surface area contributed by atoms with Gasteiger partial charge in [-0.1, -0.05) is 30.3 Å². The van der Waals surface area contributed by atoms with Gasteiger partial charge in [0.1, 0.15) is 6.61 Å². The number of hydrogen-bond donors (Lipinski definition) is 1. The van der Waals surface area contributed by atoms with E-state index in [-0.39, 0.29) is 17.5 Å². The van der Waals surface area contributed by atoms with Gasteiger partial charge in [0.25, 0.3) is 0 Å². The zero-order valence-electron chi connectivity index (χ0n) is 19.1. The molecule has 4 rings (SSSR count). The third-order valence-corrected chi connectivity index (χ3v) is 5.21. The van der Waals surface area contributed by atoms with E-state index in [2.05, 4.69) is 10.3 Å². The molecule has 0 saturated carbocycles. The van der Waals surface area contributed by atoms with Crippen LogP contribution in [-0.4, -0.2) is 24.9 Å². The Kier molecular flexibility index (Phi) is 6.73. The predicted molar refractivity (Wildman–Crippen MR) is 130 cm³/mol. The second kappa shape index (κ2) is 10.0. The second-order valence-corrected chi connectivity index (χ2v) is 7.72. The maximum atomic E-state index is 12.4. The van der Waals surface area contributed by atoms with Crippen LogP contribution in [0.15, 0.2) is 77.4 Å². The van der Waals surface area contributed by atoms with Gasteiger partial charge in [-0.15, -0.1) is 0 Å². The van der Waals surface area contributed by atoms with Crippen LogP contribution in [-0.2, 0) is 20.9 Å². The van der Waals surface area contributed by atoms with E-state index in [0.29, 0.717) is 29.4 Å². The highest BCUT2D eigenvalue weighted by Crippen LogP contribution is 2.30. The van der Waals surface area contributed by atoms with Gasteiger partial charge in [-0.3, -0.25) is 4.79 Å². The molecule has 34 heavy (non-hydrogen) atoms. The Morgan fingerprint density at radius 3 is 2.53 bits per heavy atom. The molecule has 3 aromatic carbocycles. The lowest BCUT2D eigenvalue weighted by Crippen LogP contribution is -2.07. The Morgan fingerprint density at radius 2 is 1.82 bits per heavy atom. The number of nitrogens with one attached hydrogen (secondary N) is 1. The summed E-state index contributed by atoms with van der Waals surface area (Å²) in [5.41, 5.74) is 4.42. The highest BCUT2D eigenvalue weighted by atomic mass is 16.6. The summed E-state index contributed by atoms with van der Waals surface area (Å²) < 4.78 is 16.8. The van der Waals surface area contributed by atoms with Crippen molar-refractivity contribution in [1.82, 2.24) is 0 Å². The number of ether oxygens (including phenoxy) is 3. The van der Waals surface area contributed by atoms with Gasteiger partial charge in [-0.2, -0.15) is 0 Å². The second-order valence-electron chi connectivity index (χ2n) is 7.72. The van der Waals surface area contributed by atoms with Crippen LogP contribution in [0.3, 0.4) is 0 Å². The van der Waals surface area contributed by atoms with Gasteiger partial charge < -0.3 is 19.5 Å². The van der Waals surface area contributed by atoms with Crippen molar-refractivity contribution in [1.29, 1.82) is 0 Å². The lowest BCUT2D eigenvalue weighted by molar-refractivity contribution is -0.129. The number of anilines is 1. The summed E-state index contributed by atoms with van der Waals surface area (Å²) in [6.07, 6.45) is 1.63. The third kappa shape index (κ3) is 5.32. The van der Waals surface area contributed by atoms with E-state index < -0.39 is 5.97 Å². The van der Waals surface area contributed by atoms with E-state index in [1.54, 1.807) is 49.6 Å². The van der Waals surface area contributed by atoms with Crippen LogP contribution < -0.4 is 14.8 Å². The number of carbonyl (C=O) groups is 2. The van der Waals surface area contributed by atoms with Crippen LogP contribution in [0.2, 0.25) is 0 Å². The summed E-state index contributed by atoms with van der Waals surface area (Å²) in [5, 5.41) is 2.69. The minimum atomic E-state index is -0.542. The Bertz CT molecular complexity index is 1290. The average molecular weight is 456 g/mol. The third-order valence-electron chi connectivity index (χ3n) is 5.21. The van der Waals surface area contributed by atoms with Crippen LogP contribution in [0.5, 0.6) is 11.5 Å². The van der Waals surface area contributed by atoms with E-state index in [1.165, 1.54) is 6.92 Å². The van der Waals surface area contributed by atoms with E-state index in [9.17, 15) is 9.59 Å². The number of rotatable bonds is 7. The Morgan fingerprint density at radius 1 is 1.06 bits per heavy atom. The van der Waals surface area contributed by atoms with E-state index >= 15 is 0 Å². The number of aliphatic imine (C=N–C) groups is 1. The van der Waals surface area contributed by atoms with Gasteiger partial charge in [0, 0.05) is 18.2 Å². The molecule has 3 aromatic rings. The summed E-state index contributed by atoms with van der Waals surface area (Å²) in [4.78, 5) is 27.9. The summed E-state index contributed by atoms with van der Waals surface area (Å²) in [6, 6.07) is 20.3. The molecule has 1 heterocycles. The van der Waals surface area contributed by atoms with Gasteiger partial charge in [0.15, 0.2) is 17.2 Å². The van der Waals surface area contributed by atoms with E-state index in [1.807, 2.05) is 37.3 Å². The largest absolute Gasteiger partial charge is 0.493 e. The van der Waals surface area contributed by atoms with Crippen LogP contribution >= 0.6 is 0 Å². The molecule has 0 spiro atoms. The van der Waals surface area contributed by atoms with Crippen molar-refractivity contribution >= 4 is 29.5 Å². The van der Waals surface area contributed by atoms with Gasteiger partial charge in [-0.05, 0) is 66.1 Å². The zero-order chi connectivity index (χ0) is 24.1. The fourth-order valence-corrected chi connectivity index (χ4v) is 3.41. The molecule has 0 aromatic heterocycles. The Labute approximate surface area is 197 Å². The Balaban J connectivity index is 1.51. The SMILES string of the molecule is COc1cc(/C=C2\N=C(c3ccc(NC(C)=O)cc3)OC2=O)ccc1OCc1ccccc1C. The molecule has 1 aliphatic rings. The van der Waals surface area contributed by atoms with Crippen molar-refractivity contribution in [3.05, 3.63) is 94.7 Å². The van der Waals surface area contributed by atoms with E-state index in [4.69, 9.17) is 14.2 Å². The number of carbonyl (C=O) groups excluding carboxylic acids is 2. The number of esters is 1. The molecule has 0 saturated heterocycles. The lowest BCUT2D eigenvalue weighted by Gasteiger charge is -2.12. The average Bonchev–Trinajstić information content (AvgIpc) is 3.19. The zero-order valence-corrected chi connectivity index (χ0v) is 19.1. The molecule has 0 fully saturated rings. The van der Waals surface area contributed by atoms with Gasteiger partial charge in [-0.25, -0.2) is 9.79 Å². The van der Waals surface area contributed by atoms with Crippen molar-refractivity contribution in [3.63, 3.8) is 0 Å². The number of nitrogens with zero attached hydrogens (tertiary/aromatic N) is 1. The highest BCUT2D eigenvalue weighted by Gasteiger charge is 2.24. The van der Waals surface area contributed by atoms with Gasteiger partial charge >= 0.3 is 5.97 Å². The monoisotopic (exact) mass is 456 g/mol. The molecule has 7 heteroatoms. The fourth-order valence-electron chi connectivity index (χ4n) is 3.41. The number of hydrogen-bond acceptors (Lipinski definition) is 6. The van der Waals surface area contributed by atoms with Crippen molar-refractivity contribution in [2.45, 2.75) is 20.5 Å². The number of cyclic esters (lactones) is 1. The number of benzene rings is 3. The van der Waals surface area contributed by atoms with Crippen LogP contribution in [0.1, 0.15) is 29.2 Å². The molecule has 1 aliphatic heterocycles. The maximum absolute atomic E-state index is 12.4. The first-order valence-corrected chi connectivity index (χ1v) is 10.7. The number of amides is 1. The Hall–Kier alpha value is -4.39. The first-order chi connectivity index (χ1) is 16.4. The summed E-state index contributed by atoms with van der Waals surface area (Å²) in [5.74, 6) is 0.651. The number of methoxy groups -OCH3 is 1. The molecule has 172 valence electrons. The first-order valence-electron chi connectivity index (χ1n) is 10.7. The quantitative estimate of drug-likeness (QED) is 0.404. The molecular weight excluding hydrogens is 432 g/mol. The minimum absolute atomic E-state index is 0.162. The molecule has 0 radical (unpaired) electrons. The first kappa shape index (κ1) is 22.8. The fraction of sp³-hybridized carbons (Fsp3) is 0.148. The molecule has 7 nitrogen and oxygen atoms in total. The standard InChI is InChI=1S/C27H24N2O5/c1-17-6-4-5-7-21(17)16-33-24-13-8-19(15-25(24)32-3)14-23-27(31)34-26(29-23)20-9-11-22(12-10-20)28-18(2)30/h4-15H,16H2,1-3H3,(H,28,30)/b23-14-. The van der Waals surface area contributed by atoms with Crippen molar-refractivity contribution in [2.24, 2.45) is 4.99 Å². The molecule has 1 amide bonds. The van der Waals surface area contributed by atoms with Crippen molar-refractivity contribution in [2.75, 3.05) is 12.4 Å². The van der Waals surface area contributed by atoms with Crippen LogP contribution in [0, 0.1) is 6.92 Å². The smallest absolute Gasteiger partial charge is 0.363 e. The summed E-state index contributed by atoms with van der Waals surface area (Å²) in [7, 11) is 1.57. The normalized spacial score (nSPS) is 13.9. The topological polar surface area (TPSA) is 86.2 Å². The van der Waals surface area contributed by atoms with Crippen molar-refractivity contribution in [3.8, 4) is 11.5 Å². The van der Waals surface area contributed by atoms with E-state index in [0.717, 1.165) is 16.7 Å². The molecule has 0 unspecified atom stereocenters. The lowest BCUT2D eigenvalue weighted by atomic mass is 10.1. The number of aryl methyl sites for hydroxylation is 1. The molecule has 0 atom stereocenters. The predicted octanol–water partition coefficient (Wildman–Crippen LogP) is 4.89. The molecular formula is C27H24N2O5.